The zero-order valence-corrected chi connectivity index (χ0v) is 17.2. The number of benzene rings is 1. The summed E-state index contributed by atoms with van der Waals surface area (Å²) < 4.78 is 23.8. The SMILES string of the molecule is CC[C@@H](C)[C@H](NC(=O)N[C@@H]1CCS(=O)(=O)C1)C(=O)Nc1cccc(Br)c1. The number of nitrogens with one attached hydrogen (secondary N) is 3. The molecule has 1 aromatic carbocycles. The molecule has 0 bridgehead atoms. The number of carbonyl (C=O) groups is 2. The Kier molecular flexibility index (Phi) is 7.05. The van der Waals surface area contributed by atoms with Crippen molar-refractivity contribution in [2.24, 2.45) is 5.92 Å². The van der Waals surface area contributed by atoms with Crippen LogP contribution in [0.4, 0.5) is 10.5 Å². The van der Waals surface area contributed by atoms with Crippen LogP contribution < -0.4 is 16.0 Å². The van der Waals surface area contributed by atoms with Gasteiger partial charge in [-0.15, -0.1) is 0 Å². The standard InChI is InChI=1S/C17H24BrN3O4S/c1-3-11(2)15(16(22)19-13-6-4-5-12(18)9-13)21-17(23)20-14-7-8-26(24,25)10-14/h4-6,9,11,14-15H,3,7-8,10H2,1-2H3,(H,19,22)(H2,20,21,23)/t11-,14-,15+/m1/s1. The molecule has 1 aromatic rings. The van der Waals surface area contributed by atoms with Crippen molar-refractivity contribution in [1.29, 1.82) is 0 Å². The number of sulfone groups is 1. The quantitative estimate of drug-likeness (QED) is 0.624. The first-order chi connectivity index (χ1) is 12.2. The highest BCUT2D eigenvalue weighted by molar-refractivity contribution is 9.10. The van der Waals surface area contributed by atoms with Crippen LogP contribution in [0.1, 0.15) is 26.7 Å². The topological polar surface area (TPSA) is 104 Å². The van der Waals surface area contributed by atoms with E-state index >= 15 is 0 Å². The molecule has 0 spiro atoms. The largest absolute Gasteiger partial charge is 0.334 e. The normalized spacial score (nSPS) is 20.8. The minimum atomic E-state index is -3.08. The van der Waals surface area contributed by atoms with E-state index < -0.39 is 28.0 Å². The predicted molar refractivity (Wildman–Crippen MR) is 105 cm³/mol. The molecule has 26 heavy (non-hydrogen) atoms. The molecule has 3 amide bonds. The number of urea groups is 1. The van der Waals surface area contributed by atoms with Crippen LogP contribution in [-0.2, 0) is 14.6 Å². The average Bonchev–Trinajstić information content (AvgIpc) is 2.90. The van der Waals surface area contributed by atoms with Crippen molar-refractivity contribution in [2.75, 3.05) is 16.8 Å². The van der Waals surface area contributed by atoms with Crippen molar-refractivity contribution in [1.82, 2.24) is 10.6 Å². The number of rotatable bonds is 6. The second-order valence-corrected chi connectivity index (χ2v) is 9.72. The molecular weight excluding hydrogens is 422 g/mol. The lowest BCUT2D eigenvalue weighted by Gasteiger charge is -2.24. The van der Waals surface area contributed by atoms with Gasteiger partial charge in [0.15, 0.2) is 9.84 Å². The molecule has 7 nitrogen and oxygen atoms in total. The summed E-state index contributed by atoms with van der Waals surface area (Å²) in [5.41, 5.74) is 0.627. The van der Waals surface area contributed by atoms with E-state index in [2.05, 4.69) is 31.9 Å². The monoisotopic (exact) mass is 445 g/mol. The highest BCUT2D eigenvalue weighted by atomic mass is 79.9. The van der Waals surface area contributed by atoms with Crippen molar-refractivity contribution >= 4 is 43.4 Å². The fourth-order valence-electron chi connectivity index (χ4n) is 2.77. The fourth-order valence-corrected chi connectivity index (χ4v) is 4.84. The van der Waals surface area contributed by atoms with E-state index in [9.17, 15) is 18.0 Å². The number of hydrogen-bond donors (Lipinski definition) is 3. The first-order valence-electron chi connectivity index (χ1n) is 8.54. The molecule has 1 aliphatic rings. The zero-order valence-electron chi connectivity index (χ0n) is 14.8. The molecule has 2 rings (SSSR count). The molecule has 0 saturated carbocycles. The number of amides is 3. The van der Waals surface area contributed by atoms with Crippen LogP contribution in [-0.4, -0.2) is 43.9 Å². The van der Waals surface area contributed by atoms with Gasteiger partial charge >= 0.3 is 6.03 Å². The van der Waals surface area contributed by atoms with Gasteiger partial charge in [-0.05, 0) is 30.5 Å². The summed E-state index contributed by atoms with van der Waals surface area (Å²) in [4.78, 5) is 24.9. The van der Waals surface area contributed by atoms with Gasteiger partial charge in [0.2, 0.25) is 5.91 Å². The van der Waals surface area contributed by atoms with E-state index in [1.165, 1.54) is 0 Å². The van der Waals surface area contributed by atoms with Gasteiger partial charge in [-0.3, -0.25) is 4.79 Å². The van der Waals surface area contributed by atoms with E-state index in [0.717, 1.165) is 4.47 Å². The third-order valence-corrected chi connectivity index (χ3v) is 6.70. The minimum Gasteiger partial charge on any atom is -0.334 e. The molecule has 1 saturated heterocycles. The maximum atomic E-state index is 12.6. The summed E-state index contributed by atoms with van der Waals surface area (Å²) in [6.07, 6.45) is 1.10. The van der Waals surface area contributed by atoms with Crippen molar-refractivity contribution in [3.63, 3.8) is 0 Å². The van der Waals surface area contributed by atoms with Crippen LogP contribution in [0.2, 0.25) is 0 Å². The van der Waals surface area contributed by atoms with Gasteiger partial charge in [0.05, 0.1) is 11.5 Å². The molecule has 144 valence electrons. The lowest BCUT2D eigenvalue weighted by atomic mass is 9.98. The summed E-state index contributed by atoms with van der Waals surface area (Å²) in [7, 11) is -3.08. The number of hydrogen-bond acceptors (Lipinski definition) is 4. The maximum absolute atomic E-state index is 12.6. The molecule has 0 radical (unpaired) electrons. The molecule has 1 fully saturated rings. The van der Waals surface area contributed by atoms with Crippen LogP contribution in [0, 0.1) is 5.92 Å². The molecule has 1 aliphatic heterocycles. The maximum Gasteiger partial charge on any atom is 0.315 e. The smallest absolute Gasteiger partial charge is 0.315 e. The summed E-state index contributed by atoms with van der Waals surface area (Å²) >= 11 is 3.35. The van der Waals surface area contributed by atoms with Crippen LogP contribution in [0.3, 0.4) is 0 Å². The van der Waals surface area contributed by atoms with Gasteiger partial charge in [-0.25, -0.2) is 13.2 Å². The summed E-state index contributed by atoms with van der Waals surface area (Å²) in [5, 5.41) is 8.15. The molecular formula is C17H24BrN3O4S. The first-order valence-corrected chi connectivity index (χ1v) is 11.2. The molecule has 0 aromatic heterocycles. The van der Waals surface area contributed by atoms with Crippen LogP contribution in [0.15, 0.2) is 28.7 Å². The van der Waals surface area contributed by atoms with E-state index in [4.69, 9.17) is 0 Å². The Hall–Kier alpha value is -1.61. The van der Waals surface area contributed by atoms with E-state index in [0.29, 0.717) is 18.5 Å². The molecule has 3 N–H and O–H groups in total. The first kappa shape index (κ1) is 20.7. The van der Waals surface area contributed by atoms with Gasteiger partial charge in [-0.1, -0.05) is 42.3 Å². The highest BCUT2D eigenvalue weighted by Gasteiger charge is 2.31. The van der Waals surface area contributed by atoms with Crippen LogP contribution in [0.25, 0.3) is 0 Å². The Labute approximate surface area is 162 Å². The molecule has 1 heterocycles. The lowest BCUT2D eigenvalue weighted by molar-refractivity contribution is -0.119. The Morgan fingerprint density at radius 1 is 1.35 bits per heavy atom. The molecule has 0 unspecified atom stereocenters. The van der Waals surface area contributed by atoms with Crippen LogP contribution in [0.5, 0.6) is 0 Å². The van der Waals surface area contributed by atoms with E-state index in [-0.39, 0.29) is 23.3 Å². The number of anilines is 1. The second kappa shape index (κ2) is 8.85. The lowest BCUT2D eigenvalue weighted by Crippen LogP contribution is -2.53. The van der Waals surface area contributed by atoms with Gasteiger partial charge < -0.3 is 16.0 Å². The Bertz CT molecular complexity index is 769. The zero-order chi connectivity index (χ0) is 19.3. The van der Waals surface area contributed by atoms with E-state index in [1.807, 2.05) is 19.9 Å². The predicted octanol–water partition coefficient (Wildman–Crippen LogP) is 2.29. The van der Waals surface area contributed by atoms with Crippen molar-refractivity contribution in [3.8, 4) is 0 Å². The van der Waals surface area contributed by atoms with Crippen LogP contribution >= 0.6 is 15.9 Å². The van der Waals surface area contributed by atoms with Gasteiger partial charge in [0.1, 0.15) is 6.04 Å². The summed E-state index contributed by atoms with van der Waals surface area (Å²) in [6, 6.07) is 5.53. The number of halogens is 1. The van der Waals surface area contributed by atoms with Gasteiger partial charge in [-0.2, -0.15) is 0 Å². The Morgan fingerprint density at radius 3 is 2.65 bits per heavy atom. The Morgan fingerprint density at radius 2 is 2.08 bits per heavy atom. The Balaban J connectivity index is 2.00. The molecule has 0 aliphatic carbocycles. The van der Waals surface area contributed by atoms with Crippen molar-refractivity contribution < 1.29 is 18.0 Å². The van der Waals surface area contributed by atoms with E-state index in [1.54, 1.807) is 18.2 Å². The molecule has 9 heteroatoms. The second-order valence-electron chi connectivity index (χ2n) is 6.58. The summed E-state index contributed by atoms with van der Waals surface area (Å²) in [6.45, 7) is 3.82. The average molecular weight is 446 g/mol. The highest BCUT2D eigenvalue weighted by Crippen LogP contribution is 2.17. The van der Waals surface area contributed by atoms with Gasteiger partial charge in [0, 0.05) is 16.2 Å². The summed E-state index contributed by atoms with van der Waals surface area (Å²) in [5.74, 6) is -0.374. The van der Waals surface area contributed by atoms with Crippen molar-refractivity contribution in [3.05, 3.63) is 28.7 Å². The van der Waals surface area contributed by atoms with Crippen molar-refractivity contribution in [2.45, 2.75) is 38.8 Å². The third-order valence-electron chi connectivity index (χ3n) is 4.44. The molecule has 3 atom stereocenters. The van der Waals surface area contributed by atoms with Gasteiger partial charge in [0.25, 0.3) is 0 Å². The number of carbonyl (C=O) groups excluding carboxylic acids is 2. The third kappa shape index (κ3) is 5.98. The fraction of sp³-hybridized carbons (Fsp3) is 0.529. The minimum absolute atomic E-state index is 0.0569.